The van der Waals surface area contributed by atoms with Gasteiger partial charge in [0.05, 0.1) is 18.0 Å². The number of nitrogens with one attached hydrogen (secondary N) is 1. The molecule has 0 bridgehead atoms. The lowest BCUT2D eigenvalue weighted by Crippen LogP contribution is -2.45. The number of carbonyl (C=O) groups is 1. The molecule has 0 amide bonds. The number of hydrogen-bond donors (Lipinski definition) is 2. The van der Waals surface area contributed by atoms with Crippen molar-refractivity contribution in [1.82, 2.24) is 19.9 Å². The molecule has 1 fully saturated rings. The predicted octanol–water partition coefficient (Wildman–Crippen LogP) is 4.55. The molecular formula is C29H36F3N7O3. The first-order chi connectivity index (χ1) is 20.0. The summed E-state index contributed by atoms with van der Waals surface area (Å²) in [6.45, 7) is 5.80. The van der Waals surface area contributed by atoms with E-state index in [9.17, 15) is 23.1 Å². The summed E-state index contributed by atoms with van der Waals surface area (Å²) in [5.41, 5.74) is 0.623. The summed E-state index contributed by atoms with van der Waals surface area (Å²) in [6.07, 6.45) is -3.39. The highest BCUT2D eigenvalue weighted by molar-refractivity contribution is 5.70. The number of alkyl halides is 3. The van der Waals surface area contributed by atoms with E-state index in [2.05, 4.69) is 30.1 Å². The number of rotatable bonds is 12. The first kappa shape index (κ1) is 30.8. The number of carboxylic acid groups (broad SMARTS) is 1. The summed E-state index contributed by atoms with van der Waals surface area (Å²) >= 11 is 0. The maximum Gasteiger partial charge on any atom is 0.416 e. The van der Waals surface area contributed by atoms with E-state index < -0.39 is 23.6 Å². The van der Waals surface area contributed by atoms with Crippen molar-refractivity contribution in [3.8, 4) is 5.75 Å². The second-order valence-corrected chi connectivity index (χ2v) is 10.3. The average Bonchev–Trinajstić information content (AvgIpc) is 2.96. The monoisotopic (exact) mass is 587 g/mol. The van der Waals surface area contributed by atoms with Gasteiger partial charge in [-0.15, -0.1) is 0 Å². The maximum absolute atomic E-state index is 13.0. The van der Waals surface area contributed by atoms with Crippen molar-refractivity contribution in [3.63, 3.8) is 0 Å². The second kappa shape index (κ2) is 13.7. The second-order valence-electron chi connectivity index (χ2n) is 10.3. The Morgan fingerprint density at radius 1 is 1.05 bits per heavy atom. The molecule has 1 atom stereocenters. The Labute approximate surface area is 243 Å². The summed E-state index contributed by atoms with van der Waals surface area (Å²) < 4.78 is 44.9. The normalized spacial score (nSPS) is 14.9. The number of hydrogen-bond acceptors (Lipinski definition) is 9. The van der Waals surface area contributed by atoms with Gasteiger partial charge in [-0.25, -0.2) is 0 Å². The Bertz CT molecular complexity index is 1320. The highest BCUT2D eigenvalue weighted by atomic mass is 19.4. The minimum atomic E-state index is -4.42. The van der Waals surface area contributed by atoms with Crippen LogP contribution in [0.1, 0.15) is 24.5 Å². The Morgan fingerprint density at radius 2 is 1.71 bits per heavy atom. The lowest BCUT2D eigenvalue weighted by Gasteiger charge is -2.32. The van der Waals surface area contributed by atoms with Gasteiger partial charge < -0.3 is 29.9 Å². The van der Waals surface area contributed by atoms with Gasteiger partial charge in [0.1, 0.15) is 12.4 Å². The maximum atomic E-state index is 13.0. The molecule has 2 N–H and O–H groups in total. The molecule has 2 aromatic carbocycles. The number of ether oxygens (including phenoxy) is 1. The number of aromatic nitrogens is 3. The number of anilines is 4. The van der Waals surface area contributed by atoms with E-state index in [0.29, 0.717) is 49.3 Å². The SMILES string of the molecule is CCC(Cc1ccc(OCCN(C)c2nc(Nc3ccc(C(F)(F)F)cc3)nc(N3CCN(C)CC3)n2)cc1)C(=O)O. The molecule has 4 rings (SSSR count). The van der Waals surface area contributed by atoms with Gasteiger partial charge in [0.2, 0.25) is 17.8 Å². The Morgan fingerprint density at radius 3 is 2.31 bits per heavy atom. The Balaban J connectivity index is 1.43. The van der Waals surface area contributed by atoms with Gasteiger partial charge in [-0.1, -0.05) is 19.1 Å². The first-order valence-corrected chi connectivity index (χ1v) is 13.8. The van der Waals surface area contributed by atoms with Crippen molar-refractivity contribution in [1.29, 1.82) is 0 Å². The zero-order valence-corrected chi connectivity index (χ0v) is 23.9. The Hall–Kier alpha value is -4.13. The molecule has 226 valence electrons. The molecule has 2 heterocycles. The first-order valence-electron chi connectivity index (χ1n) is 13.8. The van der Waals surface area contributed by atoms with E-state index in [1.54, 1.807) is 0 Å². The highest BCUT2D eigenvalue weighted by Crippen LogP contribution is 2.30. The molecule has 1 aliphatic rings. The molecule has 13 heteroatoms. The van der Waals surface area contributed by atoms with Gasteiger partial charge >= 0.3 is 12.1 Å². The molecule has 3 aromatic rings. The molecule has 1 aliphatic heterocycles. The van der Waals surface area contributed by atoms with Crippen molar-refractivity contribution in [2.45, 2.75) is 25.9 Å². The molecule has 0 spiro atoms. The van der Waals surface area contributed by atoms with Crippen molar-refractivity contribution in [2.75, 3.05) is 68.5 Å². The fourth-order valence-corrected chi connectivity index (χ4v) is 4.41. The van der Waals surface area contributed by atoms with Crippen LogP contribution in [0.15, 0.2) is 48.5 Å². The van der Waals surface area contributed by atoms with E-state index in [1.807, 2.05) is 50.2 Å². The lowest BCUT2D eigenvalue weighted by molar-refractivity contribution is -0.141. The summed E-state index contributed by atoms with van der Waals surface area (Å²) in [5.74, 6) is 0.551. The fourth-order valence-electron chi connectivity index (χ4n) is 4.41. The van der Waals surface area contributed by atoms with Gasteiger partial charge in [-0.2, -0.15) is 28.1 Å². The van der Waals surface area contributed by atoms with Gasteiger partial charge in [-0.05, 0) is 61.9 Å². The number of piperazine rings is 1. The molecular weight excluding hydrogens is 551 g/mol. The van der Waals surface area contributed by atoms with E-state index in [1.165, 1.54) is 12.1 Å². The van der Waals surface area contributed by atoms with Crippen LogP contribution in [0.5, 0.6) is 5.75 Å². The standard InChI is InChI=1S/C29H36F3N7O3/c1-4-21(25(40)41)19-20-5-11-24(12-6-20)42-18-17-38(3)27-34-26(33-23-9-7-22(8-10-23)29(30,31)32)35-28(36-27)39-15-13-37(2)14-16-39/h5-12,21H,4,13-19H2,1-3H3,(H,40,41)(H,33,34,35,36). The third-order valence-corrected chi connectivity index (χ3v) is 7.15. The van der Waals surface area contributed by atoms with Gasteiger partial charge in [0, 0.05) is 38.9 Å². The largest absolute Gasteiger partial charge is 0.492 e. The molecule has 0 aliphatic carbocycles. The lowest BCUT2D eigenvalue weighted by atomic mass is 9.97. The number of nitrogens with zero attached hydrogens (tertiary/aromatic N) is 6. The third-order valence-electron chi connectivity index (χ3n) is 7.15. The topological polar surface area (TPSA) is 107 Å². The molecule has 1 saturated heterocycles. The number of benzene rings is 2. The quantitative estimate of drug-likeness (QED) is 0.313. The van der Waals surface area contributed by atoms with Gasteiger partial charge in [0.25, 0.3) is 0 Å². The van der Waals surface area contributed by atoms with Crippen LogP contribution in [-0.4, -0.2) is 84.4 Å². The van der Waals surface area contributed by atoms with Gasteiger partial charge in [0.15, 0.2) is 0 Å². The van der Waals surface area contributed by atoms with Crippen LogP contribution in [0.25, 0.3) is 0 Å². The zero-order chi connectivity index (χ0) is 30.3. The summed E-state index contributed by atoms with van der Waals surface area (Å²) in [7, 11) is 3.88. The van der Waals surface area contributed by atoms with Crippen LogP contribution in [0.2, 0.25) is 0 Å². The van der Waals surface area contributed by atoms with Gasteiger partial charge in [-0.3, -0.25) is 4.79 Å². The number of carboxylic acids is 1. The molecule has 1 unspecified atom stereocenters. The molecule has 42 heavy (non-hydrogen) atoms. The number of halogens is 3. The Kier molecular flexibility index (Phi) is 10.0. The minimum Gasteiger partial charge on any atom is -0.492 e. The smallest absolute Gasteiger partial charge is 0.416 e. The van der Waals surface area contributed by atoms with E-state index in [4.69, 9.17) is 4.74 Å². The average molecular weight is 588 g/mol. The van der Waals surface area contributed by atoms with Crippen molar-refractivity contribution < 1.29 is 27.8 Å². The summed E-state index contributed by atoms with van der Waals surface area (Å²) in [5, 5.41) is 12.3. The van der Waals surface area contributed by atoms with Crippen LogP contribution in [0.3, 0.4) is 0 Å². The number of aliphatic carboxylic acids is 1. The molecule has 0 radical (unpaired) electrons. The fraction of sp³-hybridized carbons (Fsp3) is 0.448. The van der Waals surface area contributed by atoms with E-state index >= 15 is 0 Å². The highest BCUT2D eigenvalue weighted by Gasteiger charge is 2.30. The summed E-state index contributed by atoms with van der Waals surface area (Å²) in [6, 6.07) is 12.1. The zero-order valence-electron chi connectivity index (χ0n) is 23.9. The molecule has 10 nitrogen and oxygen atoms in total. The minimum absolute atomic E-state index is 0.226. The van der Waals surface area contributed by atoms with E-state index in [-0.39, 0.29) is 5.95 Å². The number of likely N-dealkylation sites (N-methyl/N-ethyl adjacent to an activating group) is 2. The van der Waals surface area contributed by atoms with Crippen molar-refractivity contribution in [3.05, 3.63) is 59.7 Å². The van der Waals surface area contributed by atoms with Crippen LogP contribution < -0.4 is 19.9 Å². The predicted molar refractivity (Wildman–Crippen MR) is 155 cm³/mol. The van der Waals surface area contributed by atoms with Crippen molar-refractivity contribution >= 4 is 29.5 Å². The third kappa shape index (κ3) is 8.44. The van der Waals surface area contributed by atoms with Crippen LogP contribution in [0, 0.1) is 5.92 Å². The van der Waals surface area contributed by atoms with Crippen molar-refractivity contribution in [2.24, 2.45) is 5.92 Å². The summed E-state index contributed by atoms with van der Waals surface area (Å²) in [4.78, 5) is 31.2. The van der Waals surface area contributed by atoms with Crippen LogP contribution in [-0.2, 0) is 17.4 Å². The molecule has 1 aromatic heterocycles. The van der Waals surface area contributed by atoms with E-state index in [0.717, 1.165) is 43.9 Å². The molecule has 0 saturated carbocycles. The van der Waals surface area contributed by atoms with Crippen LogP contribution >= 0.6 is 0 Å². The van der Waals surface area contributed by atoms with Crippen LogP contribution in [0.4, 0.5) is 36.7 Å².